The van der Waals surface area contributed by atoms with Gasteiger partial charge in [-0.25, -0.2) is 4.98 Å². The number of methoxy groups -OCH3 is 1. The summed E-state index contributed by atoms with van der Waals surface area (Å²) in [7, 11) is 1.68. The molecule has 1 aromatic rings. The molecule has 1 atom stereocenters. The molecule has 0 aromatic carbocycles. The molecule has 1 N–H and O–H groups in total. The molecule has 106 valence electrons. The van der Waals surface area contributed by atoms with Crippen molar-refractivity contribution in [2.45, 2.75) is 38.8 Å². The molecule has 1 aliphatic rings. The summed E-state index contributed by atoms with van der Waals surface area (Å²) in [5.74, 6) is 0.735. The van der Waals surface area contributed by atoms with Crippen LogP contribution >= 0.6 is 0 Å². The van der Waals surface area contributed by atoms with Gasteiger partial charge in [0.25, 0.3) is 0 Å². The molecule has 4 nitrogen and oxygen atoms in total. The summed E-state index contributed by atoms with van der Waals surface area (Å²) in [6.07, 6.45) is 5.55. The van der Waals surface area contributed by atoms with Crippen LogP contribution in [0.1, 0.15) is 31.7 Å². The van der Waals surface area contributed by atoms with Gasteiger partial charge in [0.2, 0.25) is 5.88 Å². The van der Waals surface area contributed by atoms with Crippen molar-refractivity contribution >= 4 is 0 Å². The molecule has 0 amide bonds. The van der Waals surface area contributed by atoms with E-state index in [1.807, 2.05) is 6.07 Å². The Morgan fingerprint density at radius 1 is 1.42 bits per heavy atom. The van der Waals surface area contributed by atoms with Crippen molar-refractivity contribution in [1.29, 1.82) is 0 Å². The summed E-state index contributed by atoms with van der Waals surface area (Å²) in [6, 6.07) is 4.65. The zero-order chi connectivity index (χ0) is 13.5. The molecule has 1 fully saturated rings. The van der Waals surface area contributed by atoms with E-state index in [4.69, 9.17) is 4.74 Å². The van der Waals surface area contributed by atoms with Crippen LogP contribution in [-0.2, 0) is 6.54 Å². The van der Waals surface area contributed by atoms with Crippen molar-refractivity contribution < 1.29 is 4.74 Å². The van der Waals surface area contributed by atoms with Crippen LogP contribution in [0.3, 0.4) is 0 Å². The van der Waals surface area contributed by atoms with Crippen LogP contribution in [0.5, 0.6) is 5.88 Å². The number of nitrogens with one attached hydrogen (secondary N) is 1. The molecule has 1 aromatic heterocycles. The van der Waals surface area contributed by atoms with Crippen molar-refractivity contribution in [1.82, 2.24) is 15.2 Å². The maximum Gasteiger partial charge on any atom is 0.217 e. The van der Waals surface area contributed by atoms with E-state index in [2.05, 4.69) is 28.2 Å². The third-order valence-corrected chi connectivity index (χ3v) is 3.89. The molecule has 0 aliphatic carbocycles. The lowest BCUT2D eigenvalue weighted by atomic mass is 10.1. The van der Waals surface area contributed by atoms with Gasteiger partial charge in [-0.1, -0.05) is 13.0 Å². The first kappa shape index (κ1) is 14.3. The Morgan fingerprint density at radius 3 is 3.11 bits per heavy atom. The fraction of sp³-hybridized carbons (Fsp3) is 0.667. The average Bonchev–Trinajstić information content (AvgIpc) is 2.70. The predicted octanol–water partition coefficient (Wildman–Crippen LogP) is 2.05. The van der Waals surface area contributed by atoms with Crippen molar-refractivity contribution in [3.63, 3.8) is 0 Å². The van der Waals surface area contributed by atoms with Crippen LogP contribution in [-0.4, -0.2) is 42.7 Å². The van der Waals surface area contributed by atoms with Gasteiger partial charge in [-0.2, -0.15) is 0 Å². The Labute approximate surface area is 116 Å². The molecule has 4 heteroatoms. The molecule has 1 unspecified atom stereocenters. The van der Waals surface area contributed by atoms with E-state index in [9.17, 15) is 0 Å². The molecule has 1 aliphatic heterocycles. The van der Waals surface area contributed by atoms with Gasteiger partial charge >= 0.3 is 0 Å². The number of ether oxygens (including phenoxy) is 1. The van der Waals surface area contributed by atoms with Gasteiger partial charge in [-0.15, -0.1) is 0 Å². The second-order valence-electron chi connectivity index (χ2n) is 5.11. The van der Waals surface area contributed by atoms with Crippen molar-refractivity contribution in [3.05, 3.63) is 23.9 Å². The van der Waals surface area contributed by atoms with Gasteiger partial charge in [0.1, 0.15) is 0 Å². The Bertz CT molecular complexity index is 383. The smallest absolute Gasteiger partial charge is 0.217 e. The first-order valence-electron chi connectivity index (χ1n) is 7.27. The zero-order valence-electron chi connectivity index (χ0n) is 12.1. The molecule has 0 spiro atoms. The standard InChI is InChI=1S/C15H25N3O/c1-3-18-10-5-7-14(8-11-18)17-12-13-6-4-9-16-15(13)19-2/h4,6,9,14,17H,3,5,7-8,10-12H2,1-2H3. The van der Waals surface area contributed by atoms with Gasteiger partial charge in [0.05, 0.1) is 7.11 Å². The first-order chi connectivity index (χ1) is 9.33. The average molecular weight is 263 g/mol. The second-order valence-corrected chi connectivity index (χ2v) is 5.11. The van der Waals surface area contributed by atoms with E-state index in [1.54, 1.807) is 13.3 Å². The van der Waals surface area contributed by atoms with Crippen molar-refractivity contribution in [3.8, 4) is 5.88 Å². The van der Waals surface area contributed by atoms with Crippen molar-refractivity contribution in [2.75, 3.05) is 26.7 Å². The molecule has 0 saturated carbocycles. The molecular weight excluding hydrogens is 238 g/mol. The Kier molecular flexibility index (Phi) is 5.61. The predicted molar refractivity (Wildman–Crippen MR) is 77.4 cm³/mol. The fourth-order valence-corrected chi connectivity index (χ4v) is 2.67. The van der Waals surface area contributed by atoms with E-state index in [0.29, 0.717) is 6.04 Å². The lowest BCUT2D eigenvalue weighted by Crippen LogP contribution is -2.30. The number of pyridine rings is 1. The molecule has 2 heterocycles. The number of aromatic nitrogens is 1. The van der Waals surface area contributed by atoms with Gasteiger partial charge in [-0.3, -0.25) is 0 Å². The van der Waals surface area contributed by atoms with Crippen LogP contribution in [0.4, 0.5) is 0 Å². The van der Waals surface area contributed by atoms with E-state index >= 15 is 0 Å². The van der Waals surface area contributed by atoms with E-state index in [1.165, 1.54) is 38.9 Å². The molecular formula is C15H25N3O. The summed E-state index contributed by atoms with van der Waals surface area (Å²) < 4.78 is 5.29. The Balaban J connectivity index is 1.84. The lowest BCUT2D eigenvalue weighted by molar-refractivity contribution is 0.297. The number of hydrogen-bond acceptors (Lipinski definition) is 4. The van der Waals surface area contributed by atoms with E-state index < -0.39 is 0 Å². The van der Waals surface area contributed by atoms with Crippen LogP contribution in [0.2, 0.25) is 0 Å². The maximum atomic E-state index is 5.29. The van der Waals surface area contributed by atoms with Crippen LogP contribution in [0.25, 0.3) is 0 Å². The molecule has 19 heavy (non-hydrogen) atoms. The Morgan fingerprint density at radius 2 is 2.32 bits per heavy atom. The number of nitrogens with zero attached hydrogens (tertiary/aromatic N) is 2. The third kappa shape index (κ3) is 4.18. The normalized spacial score (nSPS) is 21.1. The van der Waals surface area contributed by atoms with Crippen LogP contribution < -0.4 is 10.1 Å². The van der Waals surface area contributed by atoms with Gasteiger partial charge in [0.15, 0.2) is 0 Å². The van der Waals surface area contributed by atoms with Crippen LogP contribution in [0, 0.1) is 0 Å². The largest absolute Gasteiger partial charge is 0.481 e. The highest BCUT2D eigenvalue weighted by Crippen LogP contribution is 2.15. The first-order valence-corrected chi connectivity index (χ1v) is 7.27. The summed E-state index contributed by atoms with van der Waals surface area (Å²) in [6.45, 7) is 6.70. The van der Waals surface area contributed by atoms with Crippen molar-refractivity contribution in [2.24, 2.45) is 0 Å². The molecule has 2 rings (SSSR count). The second kappa shape index (κ2) is 7.46. The van der Waals surface area contributed by atoms with Gasteiger partial charge < -0.3 is 15.0 Å². The summed E-state index contributed by atoms with van der Waals surface area (Å²) >= 11 is 0. The highest BCUT2D eigenvalue weighted by atomic mass is 16.5. The quantitative estimate of drug-likeness (QED) is 0.882. The highest BCUT2D eigenvalue weighted by Gasteiger charge is 2.16. The maximum absolute atomic E-state index is 5.29. The van der Waals surface area contributed by atoms with Gasteiger partial charge in [-0.05, 0) is 45.0 Å². The Hall–Kier alpha value is -1.13. The minimum atomic E-state index is 0.612. The minimum Gasteiger partial charge on any atom is -0.481 e. The molecule has 0 bridgehead atoms. The SMILES string of the molecule is CCN1CCCC(NCc2cccnc2OC)CC1. The fourth-order valence-electron chi connectivity index (χ4n) is 2.67. The van der Waals surface area contributed by atoms with Gasteiger partial charge in [0, 0.05) is 24.3 Å². The minimum absolute atomic E-state index is 0.612. The summed E-state index contributed by atoms with van der Waals surface area (Å²) in [5, 5.41) is 3.65. The topological polar surface area (TPSA) is 37.4 Å². The van der Waals surface area contributed by atoms with E-state index in [-0.39, 0.29) is 0 Å². The van der Waals surface area contributed by atoms with Crippen LogP contribution in [0.15, 0.2) is 18.3 Å². The summed E-state index contributed by atoms with van der Waals surface area (Å²) in [4.78, 5) is 6.77. The van der Waals surface area contributed by atoms with E-state index in [0.717, 1.165) is 18.0 Å². The zero-order valence-corrected chi connectivity index (χ0v) is 12.1. The number of likely N-dealkylation sites (tertiary alicyclic amines) is 1. The highest BCUT2D eigenvalue weighted by molar-refractivity contribution is 5.25. The lowest BCUT2D eigenvalue weighted by Gasteiger charge is -2.18. The molecule has 0 radical (unpaired) electrons. The number of hydrogen-bond donors (Lipinski definition) is 1. The number of rotatable bonds is 5. The third-order valence-electron chi connectivity index (χ3n) is 3.89. The summed E-state index contributed by atoms with van der Waals surface area (Å²) in [5.41, 5.74) is 1.14. The monoisotopic (exact) mass is 263 g/mol. The molecule has 1 saturated heterocycles.